The van der Waals surface area contributed by atoms with E-state index in [9.17, 15) is 9.59 Å². The van der Waals surface area contributed by atoms with Crippen molar-refractivity contribution in [3.05, 3.63) is 64.6 Å². The van der Waals surface area contributed by atoms with Crippen molar-refractivity contribution in [2.24, 2.45) is 0 Å². The average molecular weight is 397 g/mol. The lowest BCUT2D eigenvalue weighted by molar-refractivity contribution is -0.121. The van der Waals surface area contributed by atoms with Crippen LogP contribution < -0.4 is 20.5 Å². The molecule has 0 unspecified atom stereocenters. The summed E-state index contributed by atoms with van der Waals surface area (Å²) in [6, 6.07) is 15.1. The fourth-order valence-corrected chi connectivity index (χ4v) is 2.96. The SMILES string of the molecule is COc1ccc(-c2noc(=O)n2CC(=O)NCCCc2ccccc2)cc1OC. The van der Waals surface area contributed by atoms with Gasteiger partial charge >= 0.3 is 5.76 Å². The molecule has 0 bridgehead atoms. The lowest BCUT2D eigenvalue weighted by atomic mass is 10.1. The first-order valence-electron chi connectivity index (χ1n) is 9.22. The molecule has 0 saturated heterocycles. The molecule has 3 aromatic rings. The van der Waals surface area contributed by atoms with Gasteiger partial charge in [-0.15, -0.1) is 0 Å². The molecule has 1 amide bonds. The molecule has 0 saturated carbocycles. The molecule has 8 nitrogen and oxygen atoms in total. The molecule has 1 N–H and O–H groups in total. The summed E-state index contributed by atoms with van der Waals surface area (Å²) >= 11 is 0. The molecule has 8 heteroatoms. The van der Waals surface area contributed by atoms with Crippen molar-refractivity contribution in [3.8, 4) is 22.9 Å². The third kappa shape index (κ3) is 5.04. The third-order valence-electron chi connectivity index (χ3n) is 4.44. The Labute approximate surface area is 168 Å². The average Bonchev–Trinajstić information content (AvgIpc) is 3.11. The molecule has 3 rings (SSSR count). The van der Waals surface area contributed by atoms with Crippen LogP contribution in [0.1, 0.15) is 12.0 Å². The summed E-state index contributed by atoms with van der Waals surface area (Å²) in [6.07, 6.45) is 1.67. The van der Waals surface area contributed by atoms with Gasteiger partial charge in [0.15, 0.2) is 17.3 Å². The number of hydrogen-bond donors (Lipinski definition) is 1. The van der Waals surface area contributed by atoms with Crippen LogP contribution >= 0.6 is 0 Å². The van der Waals surface area contributed by atoms with Crippen LogP contribution in [0.2, 0.25) is 0 Å². The second kappa shape index (κ2) is 9.59. The zero-order valence-corrected chi connectivity index (χ0v) is 16.4. The minimum atomic E-state index is -0.700. The molecule has 0 aliphatic carbocycles. The standard InChI is InChI=1S/C21H23N3O5/c1-27-17-11-10-16(13-18(17)28-2)20-23-29-21(26)24(20)14-19(25)22-12-6-9-15-7-4-3-5-8-15/h3-5,7-8,10-11,13H,6,9,12,14H2,1-2H3,(H,22,25). The Bertz CT molecular complexity index is 1010. The van der Waals surface area contributed by atoms with Crippen LogP contribution in [0.4, 0.5) is 0 Å². The van der Waals surface area contributed by atoms with Gasteiger partial charge in [-0.25, -0.2) is 9.36 Å². The highest BCUT2D eigenvalue weighted by atomic mass is 16.5. The largest absolute Gasteiger partial charge is 0.493 e. The van der Waals surface area contributed by atoms with Gasteiger partial charge in [0.2, 0.25) is 5.91 Å². The number of aryl methyl sites for hydroxylation is 1. The van der Waals surface area contributed by atoms with Gasteiger partial charge in [0.25, 0.3) is 0 Å². The van der Waals surface area contributed by atoms with E-state index >= 15 is 0 Å². The van der Waals surface area contributed by atoms with Gasteiger partial charge in [0.05, 0.1) is 14.2 Å². The number of carbonyl (C=O) groups is 1. The van der Waals surface area contributed by atoms with E-state index in [0.29, 0.717) is 23.6 Å². The summed E-state index contributed by atoms with van der Waals surface area (Å²) in [4.78, 5) is 24.3. The van der Waals surface area contributed by atoms with Crippen molar-refractivity contribution in [1.29, 1.82) is 0 Å². The van der Waals surface area contributed by atoms with Crippen LogP contribution in [0.3, 0.4) is 0 Å². The number of benzene rings is 2. The van der Waals surface area contributed by atoms with Gasteiger partial charge in [-0.1, -0.05) is 35.5 Å². The second-order valence-corrected chi connectivity index (χ2v) is 6.37. The van der Waals surface area contributed by atoms with Gasteiger partial charge in [0, 0.05) is 12.1 Å². The third-order valence-corrected chi connectivity index (χ3v) is 4.44. The first kappa shape index (κ1) is 20.2. The summed E-state index contributed by atoms with van der Waals surface area (Å²) in [5.74, 6) is 0.289. The van der Waals surface area contributed by atoms with E-state index < -0.39 is 5.76 Å². The quantitative estimate of drug-likeness (QED) is 0.557. The van der Waals surface area contributed by atoms with Crippen LogP contribution in [0.25, 0.3) is 11.4 Å². The predicted octanol–water partition coefficient (Wildman–Crippen LogP) is 2.27. The van der Waals surface area contributed by atoms with Gasteiger partial charge in [0.1, 0.15) is 6.54 Å². The van der Waals surface area contributed by atoms with E-state index in [-0.39, 0.29) is 18.3 Å². The molecule has 0 aliphatic rings. The van der Waals surface area contributed by atoms with E-state index in [4.69, 9.17) is 14.0 Å². The molecule has 0 fully saturated rings. The number of hydrogen-bond acceptors (Lipinski definition) is 6. The maximum Gasteiger partial charge on any atom is 0.442 e. The fraction of sp³-hybridized carbons (Fsp3) is 0.286. The Kier molecular flexibility index (Phi) is 6.67. The van der Waals surface area contributed by atoms with E-state index in [0.717, 1.165) is 12.8 Å². The van der Waals surface area contributed by atoms with E-state index in [1.54, 1.807) is 18.2 Å². The molecule has 0 spiro atoms. The Hall–Kier alpha value is -3.55. The normalized spacial score (nSPS) is 10.6. The minimum absolute atomic E-state index is 0.183. The number of methoxy groups -OCH3 is 2. The van der Waals surface area contributed by atoms with Crippen LogP contribution in [-0.2, 0) is 17.8 Å². The second-order valence-electron chi connectivity index (χ2n) is 6.37. The minimum Gasteiger partial charge on any atom is -0.493 e. The zero-order valence-electron chi connectivity index (χ0n) is 16.4. The molecule has 1 heterocycles. The smallest absolute Gasteiger partial charge is 0.442 e. The fourth-order valence-electron chi connectivity index (χ4n) is 2.96. The molecule has 0 atom stereocenters. The number of ether oxygens (including phenoxy) is 2. The summed E-state index contributed by atoms with van der Waals surface area (Å²) in [5, 5.41) is 6.63. The highest BCUT2D eigenvalue weighted by Gasteiger charge is 2.17. The molecule has 0 aliphatic heterocycles. The number of carbonyl (C=O) groups excluding carboxylic acids is 1. The van der Waals surface area contributed by atoms with Crippen molar-refractivity contribution >= 4 is 5.91 Å². The van der Waals surface area contributed by atoms with Crippen molar-refractivity contribution in [3.63, 3.8) is 0 Å². The highest BCUT2D eigenvalue weighted by molar-refractivity contribution is 5.76. The van der Waals surface area contributed by atoms with E-state index in [1.807, 2.05) is 30.3 Å². The number of amides is 1. The number of rotatable bonds is 9. The Morgan fingerprint density at radius 3 is 2.59 bits per heavy atom. The zero-order chi connectivity index (χ0) is 20.6. The van der Waals surface area contributed by atoms with Gasteiger partial charge in [-0.05, 0) is 36.6 Å². The maximum absolute atomic E-state index is 12.3. The topological polar surface area (TPSA) is 95.6 Å². The van der Waals surface area contributed by atoms with Crippen molar-refractivity contribution in [1.82, 2.24) is 15.0 Å². The van der Waals surface area contributed by atoms with Gasteiger partial charge in [-0.3, -0.25) is 9.32 Å². The van der Waals surface area contributed by atoms with Gasteiger partial charge < -0.3 is 14.8 Å². The number of nitrogens with one attached hydrogen (secondary N) is 1. The molecule has 1 aromatic heterocycles. The Morgan fingerprint density at radius 1 is 1.10 bits per heavy atom. The summed E-state index contributed by atoms with van der Waals surface area (Å²) < 4.78 is 16.4. The van der Waals surface area contributed by atoms with Crippen LogP contribution in [0.15, 0.2) is 57.8 Å². The highest BCUT2D eigenvalue weighted by Crippen LogP contribution is 2.31. The summed E-state index contributed by atoms with van der Waals surface area (Å²) in [7, 11) is 3.05. The van der Waals surface area contributed by atoms with Gasteiger partial charge in [-0.2, -0.15) is 0 Å². The summed E-state index contributed by atoms with van der Waals surface area (Å²) in [5.41, 5.74) is 1.79. The Morgan fingerprint density at radius 2 is 1.86 bits per heavy atom. The molecule has 29 heavy (non-hydrogen) atoms. The van der Waals surface area contributed by atoms with Crippen LogP contribution in [0.5, 0.6) is 11.5 Å². The van der Waals surface area contributed by atoms with Crippen molar-refractivity contribution < 1.29 is 18.8 Å². The van der Waals surface area contributed by atoms with Crippen LogP contribution in [0, 0.1) is 0 Å². The lowest BCUT2D eigenvalue weighted by Crippen LogP contribution is -2.32. The predicted molar refractivity (Wildman–Crippen MR) is 107 cm³/mol. The van der Waals surface area contributed by atoms with Crippen LogP contribution in [-0.4, -0.2) is 36.4 Å². The summed E-state index contributed by atoms with van der Waals surface area (Å²) in [6.45, 7) is 0.330. The molecule has 152 valence electrons. The first-order valence-corrected chi connectivity index (χ1v) is 9.22. The Balaban J connectivity index is 1.63. The molecule has 2 aromatic carbocycles. The monoisotopic (exact) mass is 397 g/mol. The molecule has 0 radical (unpaired) electrons. The number of aromatic nitrogens is 2. The first-order chi connectivity index (χ1) is 14.1. The molecular formula is C21H23N3O5. The number of nitrogens with zero attached hydrogens (tertiary/aromatic N) is 2. The van der Waals surface area contributed by atoms with Crippen molar-refractivity contribution in [2.75, 3.05) is 20.8 Å². The molecular weight excluding hydrogens is 374 g/mol. The van der Waals surface area contributed by atoms with Crippen molar-refractivity contribution in [2.45, 2.75) is 19.4 Å². The van der Waals surface area contributed by atoms with E-state index in [2.05, 4.69) is 10.5 Å². The lowest BCUT2D eigenvalue weighted by Gasteiger charge is -2.10. The maximum atomic E-state index is 12.3. The van der Waals surface area contributed by atoms with E-state index in [1.165, 1.54) is 24.4 Å².